The molecule has 0 radical (unpaired) electrons. The largest absolute Gasteiger partial charge is 0.369 e. The Bertz CT molecular complexity index is 981. The van der Waals surface area contributed by atoms with Crippen molar-refractivity contribution in [3.8, 4) is 0 Å². The quantitative estimate of drug-likeness (QED) is 0.530. The first-order valence-corrected chi connectivity index (χ1v) is 10.5. The Hall–Kier alpha value is -2.41. The molecule has 8 heteroatoms. The molecule has 0 saturated carbocycles. The number of benzene rings is 2. The maximum atomic E-state index is 13.1. The molecule has 6 nitrogen and oxygen atoms in total. The van der Waals surface area contributed by atoms with Gasteiger partial charge in [-0.05, 0) is 43.3 Å². The van der Waals surface area contributed by atoms with Crippen LogP contribution in [0, 0.1) is 0 Å². The lowest BCUT2D eigenvalue weighted by Crippen LogP contribution is -2.52. The van der Waals surface area contributed by atoms with Crippen molar-refractivity contribution in [3.63, 3.8) is 0 Å². The summed E-state index contributed by atoms with van der Waals surface area (Å²) in [6.45, 7) is 4.31. The summed E-state index contributed by atoms with van der Waals surface area (Å²) in [5.41, 5.74) is 1.99. The average Bonchev–Trinajstić information content (AvgIpc) is 3.02. The maximum absolute atomic E-state index is 13.1. The average molecular weight is 446 g/mol. The maximum Gasteiger partial charge on any atom is 0.251 e. The zero-order valence-electron chi connectivity index (χ0n) is 16.5. The lowest BCUT2D eigenvalue weighted by molar-refractivity contribution is -0.123. The van der Waals surface area contributed by atoms with Crippen molar-refractivity contribution < 1.29 is 14.4 Å². The Balaban J connectivity index is 1.44. The lowest BCUT2D eigenvalue weighted by atomic mass is 10.1. The molecule has 156 valence electrons. The van der Waals surface area contributed by atoms with E-state index in [1.54, 1.807) is 25.1 Å². The van der Waals surface area contributed by atoms with E-state index in [9.17, 15) is 14.4 Å². The number of anilines is 2. The van der Waals surface area contributed by atoms with E-state index in [0.717, 1.165) is 23.7 Å². The summed E-state index contributed by atoms with van der Waals surface area (Å²) in [5.74, 6) is -0.532. The fraction of sp³-hybridized carbons (Fsp3) is 0.318. The van der Waals surface area contributed by atoms with Crippen LogP contribution in [0.25, 0.3) is 0 Å². The predicted molar refractivity (Wildman–Crippen MR) is 118 cm³/mol. The van der Waals surface area contributed by atoms with Gasteiger partial charge < -0.3 is 4.90 Å². The highest BCUT2D eigenvalue weighted by Crippen LogP contribution is 2.37. The van der Waals surface area contributed by atoms with Crippen molar-refractivity contribution >= 4 is 52.2 Å². The number of imide groups is 1. The van der Waals surface area contributed by atoms with Crippen LogP contribution in [0.1, 0.15) is 23.7 Å². The minimum Gasteiger partial charge on any atom is -0.369 e. The molecule has 0 aromatic heterocycles. The lowest BCUT2D eigenvalue weighted by Gasteiger charge is -2.38. The number of amides is 2. The number of halogens is 2. The van der Waals surface area contributed by atoms with Crippen LogP contribution in [0.15, 0.2) is 42.5 Å². The minimum absolute atomic E-state index is 0.0407. The van der Waals surface area contributed by atoms with Crippen LogP contribution in [-0.2, 0) is 9.59 Å². The Morgan fingerprint density at radius 1 is 0.933 bits per heavy atom. The van der Waals surface area contributed by atoms with E-state index in [0.29, 0.717) is 18.7 Å². The van der Waals surface area contributed by atoms with Gasteiger partial charge in [-0.3, -0.25) is 19.3 Å². The third-order valence-electron chi connectivity index (χ3n) is 5.68. The molecule has 2 aliphatic rings. The molecule has 0 spiro atoms. The molecule has 0 bridgehead atoms. The van der Waals surface area contributed by atoms with Gasteiger partial charge in [-0.1, -0.05) is 29.3 Å². The fourth-order valence-electron chi connectivity index (χ4n) is 4.04. The van der Waals surface area contributed by atoms with E-state index >= 15 is 0 Å². The van der Waals surface area contributed by atoms with Crippen molar-refractivity contribution in [1.29, 1.82) is 0 Å². The number of Topliss-reactive ketones (excluding diaryl/α,β-unsaturated/α-hetero) is 1. The Labute approximate surface area is 184 Å². The van der Waals surface area contributed by atoms with E-state index in [1.165, 1.54) is 0 Å². The number of para-hydroxylation sites is 1. The van der Waals surface area contributed by atoms with E-state index in [2.05, 4.69) is 4.90 Å². The molecule has 2 aliphatic heterocycles. The number of nitrogens with zero attached hydrogens (tertiary/aromatic N) is 3. The Morgan fingerprint density at radius 3 is 2.10 bits per heavy atom. The summed E-state index contributed by atoms with van der Waals surface area (Å²) in [6, 6.07) is 11.9. The first kappa shape index (κ1) is 20.8. The third-order valence-corrected chi connectivity index (χ3v) is 6.29. The molecule has 0 N–H and O–H groups in total. The number of ketones is 1. The van der Waals surface area contributed by atoms with Gasteiger partial charge in [0.15, 0.2) is 5.78 Å². The summed E-state index contributed by atoms with van der Waals surface area (Å²) >= 11 is 12.4. The molecule has 2 heterocycles. The van der Waals surface area contributed by atoms with E-state index in [4.69, 9.17) is 23.2 Å². The van der Waals surface area contributed by atoms with Crippen LogP contribution in [0.5, 0.6) is 0 Å². The topological polar surface area (TPSA) is 60.9 Å². The standard InChI is InChI=1S/C22H21Cl2N3O3/c1-14(28)15-5-7-16(8-6-15)25-9-11-26(12-10-25)19-13-20(29)27(22(19)30)21-17(23)3-2-4-18(21)24/h2-8,19H,9-13H2,1H3. The third kappa shape index (κ3) is 3.83. The van der Waals surface area contributed by atoms with Crippen LogP contribution in [-0.4, -0.2) is 54.7 Å². The van der Waals surface area contributed by atoms with Gasteiger partial charge in [0, 0.05) is 37.4 Å². The van der Waals surface area contributed by atoms with E-state index < -0.39 is 6.04 Å². The second kappa shape index (κ2) is 8.38. The van der Waals surface area contributed by atoms with Gasteiger partial charge in [0.1, 0.15) is 0 Å². The number of hydrogen-bond donors (Lipinski definition) is 0. The monoisotopic (exact) mass is 445 g/mol. The summed E-state index contributed by atoms with van der Waals surface area (Å²) in [4.78, 5) is 42.6. The fourth-order valence-corrected chi connectivity index (χ4v) is 4.60. The zero-order chi connectivity index (χ0) is 21.4. The van der Waals surface area contributed by atoms with Gasteiger partial charge in [-0.15, -0.1) is 0 Å². The van der Waals surface area contributed by atoms with Gasteiger partial charge in [-0.25, -0.2) is 4.90 Å². The van der Waals surface area contributed by atoms with E-state index in [-0.39, 0.29) is 39.8 Å². The van der Waals surface area contributed by atoms with Crippen LogP contribution in [0.4, 0.5) is 11.4 Å². The zero-order valence-corrected chi connectivity index (χ0v) is 18.0. The normalized spacial score (nSPS) is 20.2. The smallest absolute Gasteiger partial charge is 0.251 e. The number of piperazine rings is 1. The molecule has 2 saturated heterocycles. The van der Waals surface area contributed by atoms with Crippen molar-refractivity contribution in [1.82, 2.24) is 4.90 Å². The Morgan fingerprint density at radius 2 is 1.53 bits per heavy atom. The molecule has 2 aromatic carbocycles. The molecular weight excluding hydrogens is 425 g/mol. The Kier molecular flexibility index (Phi) is 5.82. The molecule has 30 heavy (non-hydrogen) atoms. The summed E-state index contributed by atoms with van der Waals surface area (Å²) in [5, 5.41) is 0.562. The molecule has 1 unspecified atom stereocenters. The van der Waals surface area contributed by atoms with Crippen LogP contribution in [0.2, 0.25) is 10.0 Å². The van der Waals surface area contributed by atoms with Gasteiger partial charge in [0.25, 0.3) is 5.91 Å². The van der Waals surface area contributed by atoms with Crippen molar-refractivity contribution in [2.24, 2.45) is 0 Å². The number of rotatable bonds is 4. The summed E-state index contributed by atoms with van der Waals surface area (Å²) in [6.07, 6.45) is 0.119. The molecular formula is C22H21Cl2N3O3. The van der Waals surface area contributed by atoms with Crippen molar-refractivity contribution in [2.45, 2.75) is 19.4 Å². The molecule has 2 aromatic rings. The first-order valence-electron chi connectivity index (χ1n) is 9.77. The predicted octanol–water partition coefficient (Wildman–Crippen LogP) is 3.65. The number of hydrogen-bond acceptors (Lipinski definition) is 5. The molecule has 1 atom stereocenters. The van der Waals surface area contributed by atoms with E-state index in [1.807, 2.05) is 29.2 Å². The highest BCUT2D eigenvalue weighted by Gasteiger charge is 2.44. The molecule has 4 rings (SSSR count). The SMILES string of the molecule is CC(=O)c1ccc(N2CCN(C3CC(=O)N(c4c(Cl)cccc4Cl)C3=O)CC2)cc1. The molecule has 2 fully saturated rings. The second-order valence-electron chi connectivity index (χ2n) is 7.48. The van der Waals surface area contributed by atoms with Crippen molar-refractivity contribution in [2.75, 3.05) is 36.0 Å². The minimum atomic E-state index is -0.507. The summed E-state index contributed by atoms with van der Waals surface area (Å²) in [7, 11) is 0. The van der Waals surface area contributed by atoms with Gasteiger partial charge in [0.05, 0.1) is 28.2 Å². The van der Waals surface area contributed by atoms with Gasteiger partial charge >= 0.3 is 0 Å². The molecule has 2 amide bonds. The number of carbonyl (C=O) groups excluding carboxylic acids is 3. The van der Waals surface area contributed by atoms with Crippen molar-refractivity contribution in [3.05, 3.63) is 58.1 Å². The van der Waals surface area contributed by atoms with Gasteiger partial charge in [0.2, 0.25) is 5.91 Å². The van der Waals surface area contributed by atoms with Crippen LogP contribution < -0.4 is 9.80 Å². The first-order chi connectivity index (χ1) is 14.4. The van der Waals surface area contributed by atoms with Crippen LogP contribution >= 0.6 is 23.2 Å². The van der Waals surface area contributed by atoms with Crippen LogP contribution in [0.3, 0.4) is 0 Å². The molecule has 0 aliphatic carbocycles. The van der Waals surface area contributed by atoms with Gasteiger partial charge in [-0.2, -0.15) is 0 Å². The summed E-state index contributed by atoms with van der Waals surface area (Å²) < 4.78 is 0. The second-order valence-corrected chi connectivity index (χ2v) is 8.30. The highest BCUT2D eigenvalue weighted by molar-refractivity contribution is 6.42. The number of carbonyl (C=O) groups is 3. The highest BCUT2D eigenvalue weighted by atomic mass is 35.5.